The summed E-state index contributed by atoms with van der Waals surface area (Å²) in [5, 5.41) is 2.85. The molecule has 0 saturated carbocycles. The van der Waals surface area contributed by atoms with Crippen molar-refractivity contribution in [2.24, 2.45) is 0 Å². The molecule has 1 aromatic carbocycles. The van der Waals surface area contributed by atoms with E-state index < -0.39 is 0 Å². The monoisotopic (exact) mass is 380 g/mol. The molecule has 0 aliphatic rings. The Kier molecular flexibility index (Phi) is 5.37. The number of benzene rings is 1. The van der Waals surface area contributed by atoms with Crippen molar-refractivity contribution < 1.29 is 9.59 Å². The number of nitrogens with zero attached hydrogens (tertiary/aromatic N) is 1. The SMILES string of the molecule is Cc1ccc(C)c(NC(=O)CN(C)C(=O)c2ccc(Br)s2)c1. The topological polar surface area (TPSA) is 49.4 Å². The van der Waals surface area contributed by atoms with Crippen LogP contribution in [0.3, 0.4) is 0 Å². The molecule has 2 aromatic rings. The van der Waals surface area contributed by atoms with E-state index in [9.17, 15) is 9.59 Å². The Morgan fingerprint density at radius 3 is 2.59 bits per heavy atom. The number of anilines is 1. The molecule has 0 bridgehead atoms. The van der Waals surface area contributed by atoms with E-state index in [0.29, 0.717) is 4.88 Å². The van der Waals surface area contributed by atoms with Gasteiger partial charge >= 0.3 is 0 Å². The van der Waals surface area contributed by atoms with E-state index in [0.717, 1.165) is 20.6 Å². The molecule has 0 fully saturated rings. The van der Waals surface area contributed by atoms with Crippen molar-refractivity contribution in [3.05, 3.63) is 50.1 Å². The molecule has 22 heavy (non-hydrogen) atoms. The second-order valence-electron chi connectivity index (χ2n) is 5.13. The molecule has 0 atom stereocenters. The van der Waals surface area contributed by atoms with Crippen LogP contribution in [0.25, 0.3) is 0 Å². The zero-order valence-electron chi connectivity index (χ0n) is 12.6. The smallest absolute Gasteiger partial charge is 0.264 e. The van der Waals surface area contributed by atoms with Crippen molar-refractivity contribution in [2.75, 3.05) is 18.9 Å². The number of amides is 2. The van der Waals surface area contributed by atoms with Crippen LogP contribution in [0, 0.1) is 13.8 Å². The average Bonchev–Trinajstić information content (AvgIpc) is 2.88. The van der Waals surface area contributed by atoms with Gasteiger partial charge in [0.25, 0.3) is 5.91 Å². The maximum absolute atomic E-state index is 12.2. The van der Waals surface area contributed by atoms with E-state index in [1.165, 1.54) is 16.2 Å². The Morgan fingerprint density at radius 1 is 1.23 bits per heavy atom. The van der Waals surface area contributed by atoms with E-state index in [-0.39, 0.29) is 18.4 Å². The number of hydrogen-bond donors (Lipinski definition) is 1. The minimum absolute atomic E-state index is 0.0156. The molecule has 116 valence electrons. The summed E-state index contributed by atoms with van der Waals surface area (Å²) < 4.78 is 0.893. The van der Waals surface area contributed by atoms with Gasteiger partial charge in [-0.15, -0.1) is 11.3 Å². The number of carbonyl (C=O) groups is 2. The highest BCUT2D eigenvalue weighted by Crippen LogP contribution is 2.23. The van der Waals surface area contributed by atoms with Gasteiger partial charge in [-0.05, 0) is 59.1 Å². The molecule has 1 aromatic heterocycles. The lowest BCUT2D eigenvalue weighted by Crippen LogP contribution is -2.34. The summed E-state index contributed by atoms with van der Waals surface area (Å²) in [5.41, 5.74) is 2.86. The van der Waals surface area contributed by atoms with Crippen LogP contribution in [0.4, 0.5) is 5.69 Å². The van der Waals surface area contributed by atoms with Crippen LogP contribution in [0.2, 0.25) is 0 Å². The van der Waals surface area contributed by atoms with Gasteiger partial charge in [0.1, 0.15) is 0 Å². The van der Waals surface area contributed by atoms with Gasteiger partial charge in [0.15, 0.2) is 0 Å². The molecule has 4 nitrogen and oxygen atoms in total. The zero-order chi connectivity index (χ0) is 16.3. The predicted molar refractivity (Wildman–Crippen MR) is 93.5 cm³/mol. The van der Waals surface area contributed by atoms with Crippen LogP contribution in [0.1, 0.15) is 20.8 Å². The number of aryl methyl sites for hydroxylation is 2. The summed E-state index contributed by atoms with van der Waals surface area (Å²) in [5.74, 6) is -0.369. The van der Waals surface area contributed by atoms with Gasteiger partial charge in [-0.25, -0.2) is 0 Å². The molecule has 0 aliphatic heterocycles. The highest BCUT2D eigenvalue weighted by molar-refractivity contribution is 9.11. The summed E-state index contributed by atoms with van der Waals surface area (Å²) in [6, 6.07) is 9.45. The fraction of sp³-hybridized carbons (Fsp3) is 0.250. The first-order valence-electron chi connectivity index (χ1n) is 6.74. The first kappa shape index (κ1) is 16.7. The fourth-order valence-corrected chi connectivity index (χ4v) is 3.35. The second kappa shape index (κ2) is 7.07. The summed E-state index contributed by atoms with van der Waals surface area (Å²) in [6.07, 6.45) is 0. The lowest BCUT2D eigenvalue weighted by molar-refractivity contribution is -0.116. The van der Waals surface area contributed by atoms with Gasteiger partial charge in [-0.2, -0.15) is 0 Å². The minimum atomic E-state index is -0.208. The summed E-state index contributed by atoms with van der Waals surface area (Å²) in [4.78, 5) is 26.3. The highest BCUT2D eigenvalue weighted by Gasteiger charge is 2.17. The summed E-state index contributed by atoms with van der Waals surface area (Å²) >= 11 is 4.68. The number of rotatable bonds is 4. The third kappa shape index (κ3) is 4.18. The third-order valence-electron chi connectivity index (χ3n) is 3.18. The number of hydrogen-bond acceptors (Lipinski definition) is 3. The Hall–Kier alpha value is -1.66. The molecular weight excluding hydrogens is 364 g/mol. The molecule has 2 amide bonds. The van der Waals surface area contributed by atoms with Crippen molar-refractivity contribution in [3.63, 3.8) is 0 Å². The van der Waals surface area contributed by atoms with E-state index >= 15 is 0 Å². The van der Waals surface area contributed by atoms with Crippen LogP contribution >= 0.6 is 27.3 Å². The van der Waals surface area contributed by atoms with Crippen molar-refractivity contribution in [2.45, 2.75) is 13.8 Å². The van der Waals surface area contributed by atoms with Crippen molar-refractivity contribution in [3.8, 4) is 0 Å². The number of nitrogens with one attached hydrogen (secondary N) is 1. The number of halogens is 1. The van der Waals surface area contributed by atoms with E-state index in [1.807, 2.05) is 38.1 Å². The van der Waals surface area contributed by atoms with Gasteiger partial charge in [0.05, 0.1) is 15.2 Å². The quantitative estimate of drug-likeness (QED) is 0.875. The van der Waals surface area contributed by atoms with Gasteiger partial charge < -0.3 is 10.2 Å². The molecular formula is C16H17BrN2O2S. The molecule has 6 heteroatoms. The molecule has 0 spiro atoms. The molecule has 0 radical (unpaired) electrons. The van der Waals surface area contributed by atoms with Crippen LogP contribution in [-0.2, 0) is 4.79 Å². The fourth-order valence-electron chi connectivity index (χ4n) is 1.96. The molecule has 2 rings (SSSR count). The first-order chi connectivity index (χ1) is 10.4. The number of carbonyl (C=O) groups excluding carboxylic acids is 2. The molecule has 1 N–H and O–H groups in total. The van der Waals surface area contributed by atoms with Crippen molar-refractivity contribution in [1.82, 2.24) is 4.90 Å². The first-order valence-corrected chi connectivity index (χ1v) is 8.35. The second-order valence-corrected chi connectivity index (χ2v) is 7.59. The Labute approximate surface area is 142 Å². The van der Waals surface area contributed by atoms with Gasteiger partial charge in [0, 0.05) is 12.7 Å². The Morgan fingerprint density at radius 2 is 1.95 bits per heavy atom. The van der Waals surface area contributed by atoms with Crippen LogP contribution in [0.5, 0.6) is 0 Å². The number of thiophene rings is 1. The zero-order valence-corrected chi connectivity index (χ0v) is 15.0. The Balaban J connectivity index is 1.99. The van der Waals surface area contributed by atoms with Crippen molar-refractivity contribution in [1.29, 1.82) is 0 Å². The van der Waals surface area contributed by atoms with Gasteiger partial charge in [0.2, 0.25) is 5.91 Å². The van der Waals surface area contributed by atoms with Crippen LogP contribution in [-0.4, -0.2) is 30.3 Å². The van der Waals surface area contributed by atoms with Crippen molar-refractivity contribution >= 4 is 44.8 Å². The normalized spacial score (nSPS) is 10.4. The van der Waals surface area contributed by atoms with E-state index in [1.54, 1.807) is 13.1 Å². The standard InChI is InChI=1S/C16H17BrN2O2S/c1-10-4-5-11(2)12(8-10)18-15(20)9-19(3)16(21)13-6-7-14(17)22-13/h4-8H,9H2,1-3H3,(H,18,20). The maximum atomic E-state index is 12.2. The number of likely N-dealkylation sites (N-methyl/N-ethyl adjacent to an activating group) is 1. The molecule has 1 heterocycles. The predicted octanol–water partition coefficient (Wildman–Crippen LogP) is 3.84. The lowest BCUT2D eigenvalue weighted by Gasteiger charge is -2.16. The highest BCUT2D eigenvalue weighted by atomic mass is 79.9. The third-order valence-corrected chi connectivity index (χ3v) is 4.79. The van der Waals surface area contributed by atoms with Crippen LogP contribution in [0.15, 0.2) is 34.1 Å². The van der Waals surface area contributed by atoms with Gasteiger partial charge in [-0.1, -0.05) is 12.1 Å². The summed E-state index contributed by atoms with van der Waals surface area (Å²) in [6.45, 7) is 3.92. The summed E-state index contributed by atoms with van der Waals surface area (Å²) in [7, 11) is 1.62. The maximum Gasteiger partial charge on any atom is 0.264 e. The molecule has 0 saturated heterocycles. The Bertz CT molecular complexity index is 712. The largest absolute Gasteiger partial charge is 0.332 e. The lowest BCUT2D eigenvalue weighted by atomic mass is 10.1. The molecule has 0 aliphatic carbocycles. The van der Waals surface area contributed by atoms with Crippen LogP contribution < -0.4 is 5.32 Å². The van der Waals surface area contributed by atoms with E-state index in [2.05, 4.69) is 21.2 Å². The molecule has 0 unspecified atom stereocenters. The minimum Gasteiger partial charge on any atom is -0.332 e. The van der Waals surface area contributed by atoms with Gasteiger partial charge in [-0.3, -0.25) is 9.59 Å². The van der Waals surface area contributed by atoms with E-state index in [4.69, 9.17) is 0 Å². The average molecular weight is 381 g/mol.